The highest BCUT2D eigenvalue weighted by Gasteiger charge is 2.06. The molecule has 5 nitrogen and oxygen atoms in total. The fraction of sp³-hybridized carbons (Fsp3) is 0.462. The Hall–Kier alpha value is -1.75. The second kappa shape index (κ2) is 7.55. The van der Waals surface area contributed by atoms with Gasteiger partial charge >= 0.3 is 6.03 Å². The Morgan fingerprint density at radius 1 is 1.33 bits per heavy atom. The minimum absolute atomic E-state index is 0.0299. The SMILES string of the molecule is CCOc1ccc(NC(=O)N[C@H](C)COC)cc1. The number of hydrogen-bond acceptors (Lipinski definition) is 3. The summed E-state index contributed by atoms with van der Waals surface area (Å²) in [5.74, 6) is 0.788. The van der Waals surface area contributed by atoms with E-state index >= 15 is 0 Å². The van der Waals surface area contributed by atoms with E-state index in [4.69, 9.17) is 9.47 Å². The van der Waals surface area contributed by atoms with E-state index in [0.717, 1.165) is 11.4 Å². The number of urea groups is 1. The van der Waals surface area contributed by atoms with Gasteiger partial charge in [0.2, 0.25) is 0 Å². The molecular formula is C13H20N2O3. The van der Waals surface area contributed by atoms with E-state index in [2.05, 4.69) is 10.6 Å². The van der Waals surface area contributed by atoms with E-state index in [1.165, 1.54) is 0 Å². The van der Waals surface area contributed by atoms with Gasteiger partial charge in [0.1, 0.15) is 5.75 Å². The van der Waals surface area contributed by atoms with E-state index in [1.807, 2.05) is 26.0 Å². The first kappa shape index (κ1) is 14.3. The van der Waals surface area contributed by atoms with Gasteiger partial charge in [-0.3, -0.25) is 0 Å². The molecule has 0 radical (unpaired) electrons. The molecule has 2 N–H and O–H groups in total. The molecule has 5 heteroatoms. The summed E-state index contributed by atoms with van der Waals surface area (Å²) in [6.45, 7) is 4.91. The summed E-state index contributed by atoms with van der Waals surface area (Å²) < 4.78 is 10.3. The summed E-state index contributed by atoms with van der Waals surface area (Å²) in [5, 5.41) is 5.50. The maximum absolute atomic E-state index is 11.6. The van der Waals surface area contributed by atoms with Crippen LogP contribution in [0.4, 0.5) is 10.5 Å². The Bertz CT molecular complexity index is 365. The number of methoxy groups -OCH3 is 1. The number of ether oxygens (including phenoxy) is 2. The van der Waals surface area contributed by atoms with Crippen LogP contribution in [0.3, 0.4) is 0 Å². The van der Waals surface area contributed by atoms with Gasteiger partial charge in [0, 0.05) is 12.8 Å². The minimum atomic E-state index is -0.247. The van der Waals surface area contributed by atoms with Gasteiger partial charge in [0.15, 0.2) is 0 Å². The van der Waals surface area contributed by atoms with Crippen molar-refractivity contribution in [1.29, 1.82) is 0 Å². The van der Waals surface area contributed by atoms with Crippen LogP contribution in [-0.2, 0) is 4.74 Å². The normalized spacial score (nSPS) is 11.7. The van der Waals surface area contributed by atoms with Gasteiger partial charge in [0.05, 0.1) is 19.3 Å². The Morgan fingerprint density at radius 2 is 2.00 bits per heavy atom. The monoisotopic (exact) mass is 252 g/mol. The molecule has 100 valence electrons. The Balaban J connectivity index is 2.44. The number of carbonyl (C=O) groups is 1. The van der Waals surface area contributed by atoms with Crippen LogP contribution in [0.25, 0.3) is 0 Å². The van der Waals surface area contributed by atoms with Gasteiger partial charge in [-0.2, -0.15) is 0 Å². The number of rotatable bonds is 6. The molecule has 0 aliphatic carbocycles. The highest BCUT2D eigenvalue weighted by atomic mass is 16.5. The van der Waals surface area contributed by atoms with Crippen LogP contribution < -0.4 is 15.4 Å². The molecule has 18 heavy (non-hydrogen) atoms. The van der Waals surface area contributed by atoms with Crippen molar-refractivity contribution < 1.29 is 14.3 Å². The molecule has 0 aliphatic rings. The first-order valence-corrected chi connectivity index (χ1v) is 5.95. The Morgan fingerprint density at radius 3 is 2.56 bits per heavy atom. The summed E-state index contributed by atoms with van der Waals surface area (Å²) >= 11 is 0. The zero-order chi connectivity index (χ0) is 13.4. The average molecular weight is 252 g/mol. The lowest BCUT2D eigenvalue weighted by Gasteiger charge is -2.13. The largest absolute Gasteiger partial charge is 0.494 e. The third kappa shape index (κ3) is 5.05. The molecule has 1 aromatic rings. The third-order valence-electron chi connectivity index (χ3n) is 2.22. The number of amides is 2. The number of carbonyl (C=O) groups excluding carboxylic acids is 1. The molecular weight excluding hydrogens is 232 g/mol. The zero-order valence-corrected chi connectivity index (χ0v) is 11.0. The summed E-state index contributed by atoms with van der Waals surface area (Å²) in [7, 11) is 1.60. The van der Waals surface area contributed by atoms with Gasteiger partial charge in [-0.05, 0) is 38.1 Å². The fourth-order valence-corrected chi connectivity index (χ4v) is 1.48. The van der Waals surface area contributed by atoms with E-state index in [0.29, 0.717) is 13.2 Å². The topological polar surface area (TPSA) is 59.6 Å². The van der Waals surface area contributed by atoms with Gasteiger partial charge in [-0.15, -0.1) is 0 Å². The van der Waals surface area contributed by atoms with E-state index < -0.39 is 0 Å². The van der Waals surface area contributed by atoms with Crippen LogP contribution in [0.15, 0.2) is 24.3 Å². The lowest BCUT2D eigenvalue weighted by Crippen LogP contribution is -2.38. The van der Waals surface area contributed by atoms with Crippen molar-refractivity contribution in [3.8, 4) is 5.75 Å². The number of nitrogens with one attached hydrogen (secondary N) is 2. The second-order valence-corrected chi connectivity index (χ2v) is 3.91. The lowest BCUT2D eigenvalue weighted by molar-refractivity contribution is 0.173. The molecule has 2 amide bonds. The summed E-state index contributed by atoms with van der Waals surface area (Å²) in [6, 6.07) is 6.95. The average Bonchev–Trinajstić information content (AvgIpc) is 2.32. The first-order valence-electron chi connectivity index (χ1n) is 5.95. The molecule has 0 unspecified atom stereocenters. The van der Waals surface area contributed by atoms with Crippen molar-refractivity contribution in [1.82, 2.24) is 5.32 Å². The summed E-state index contributed by atoms with van der Waals surface area (Å²) in [6.07, 6.45) is 0. The second-order valence-electron chi connectivity index (χ2n) is 3.91. The molecule has 0 bridgehead atoms. The van der Waals surface area contributed by atoms with E-state index in [-0.39, 0.29) is 12.1 Å². The maximum Gasteiger partial charge on any atom is 0.319 e. The van der Waals surface area contributed by atoms with Gasteiger partial charge < -0.3 is 20.1 Å². The molecule has 0 aromatic heterocycles. The molecule has 0 heterocycles. The molecule has 0 fully saturated rings. The van der Waals surface area contributed by atoms with E-state index in [1.54, 1.807) is 19.2 Å². The molecule has 0 spiro atoms. The quantitative estimate of drug-likeness (QED) is 0.816. The Kier molecular flexibility index (Phi) is 6.00. The first-order chi connectivity index (χ1) is 8.65. The van der Waals surface area contributed by atoms with Crippen molar-refractivity contribution in [2.45, 2.75) is 19.9 Å². The van der Waals surface area contributed by atoms with Crippen molar-refractivity contribution in [3.63, 3.8) is 0 Å². The van der Waals surface area contributed by atoms with Crippen molar-refractivity contribution in [3.05, 3.63) is 24.3 Å². The summed E-state index contributed by atoms with van der Waals surface area (Å²) in [5.41, 5.74) is 0.723. The lowest BCUT2D eigenvalue weighted by atomic mass is 10.3. The van der Waals surface area contributed by atoms with Crippen LogP contribution in [0.5, 0.6) is 5.75 Å². The van der Waals surface area contributed by atoms with Gasteiger partial charge in [-0.25, -0.2) is 4.79 Å². The molecule has 0 aliphatic heterocycles. The number of benzene rings is 1. The van der Waals surface area contributed by atoms with Crippen molar-refractivity contribution >= 4 is 11.7 Å². The molecule has 0 saturated carbocycles. The van der Waals surface area contributed by atoms with Crippen LogP contribution in [0.1, 0.15) is 13.8 Å². The molecule has 0 saturated heterocycles. The van der Waals surface area contributed by atoms with Crippen molar-refractivity contribution in [2.24, 2.45) is 0 Å². The van der Waals surface area contributed by atoms with Crippen LogP contribution in [-0.4, -0.2) is 32.4 Å². The minimum Gasteiger partial charge on any atom is -0.494 e. The molecule has 1 rings (SSSR count). The fourth-order valence-electron chi connectivity index (χ4n) is 1.48. The zero-order valence-electron chi connectivity index (χ0n) is 11.0. The predicted molar refractivity (Wildman–Crippen MR) is 71.1 cm³/mol. The predicted octanol–water partition coefficient (Wildman–Crippen LogP) is 2.24. The number of anilines is 1. The smallest absolute Gasteiger partial charge is 0.319 e. The molecule has 1 atom stereocenters. The highest BCUT2D eigenvalue weighted by molar-refractivity contribution is 5.89. The molecule has 1 aromatic carbocycles. The third-order valence-corrected chi connectivity index (χ3v) is 2.22. The van der Waals surface area contributed by atoms with Gasteiger partial charge in [0.25, 0.3) is 0 Å². The van der Waals surface area contributed by atoms with Gasteiger partial charge in [-0.1, -0.05) is 0 Å². The Labute approximate surface area is 107 Å². The van der Waals surface area contributed by atoms with Crippen LogP contribution in [0, 0.1) is 0 Å². The van der Waals surface area contributed by atoms with Crippen molar-refractivity contribution in [2.75, 3.05) is 25.6 Å². The standard InChI is InChI=1S/C13H20N2O3/c1-4-18-12-7-5-11(6-8-12)15-13(16)14-10(2)9-17-3/h5-8,10H,4,9H2,1-3H3,(H2,14,15,16)/t10-/m1/s1. The van der Waals surface area contributed by atoms with Crippen LogP contribution in [0.2, 0.25) is 0 Å². The number of hydrogen-bond donors (Lipinski definition) is 2. The maximum atomic E-state index is 11.6. The van der Waals surface area contributed by atoms with E-state index in [9.17, 15) is 4.79 Å². The summed E-state index contributed by atoms with van der Waals surface area (Å²) in [4.78, 5) is 11.6. The van der Waals surface area contributed by atoms with Crippen LogP contribution >= 0.6 is 0 Å². The highest BCUT2D eigenvalue weighted by Crippen LogP contribution is 2.15.